The summed E-state index contributed by atoms with van der Waals surface area (Å²) in [7, 11) is 1.72. The minimum Gasteiger partial charge on any atom is -0.351 e. The number of thiophene rings is 1. The first-order valence-electron chi connectivity index (χ1n) is 15.3. The van der Waals surface area contributed by atoms with Gasteiger partial charge >= 0.3 is 6.03 Å². The summed E-state index contributed by atoms with van der Waals surface area (Å²) in [6.45, 7) is 0.414. The van der Waals surface area contributed by atoms with Crippen LogP contribution in [0.5, 0.6) is 0 Å². The van der Waals surface area contributed by atoms with Crippen LogP contribution in [-0.2, 0) is 13.6 Å². The first-order chi connectivity index (χ1) is 22.9. The number of rotatable bonds is 8. The third kappa shape index (κ3) is 7.22. The van der Waals surface area contributed by atoms with Crippen molar-refractivity contribution in [3.63, 3.8) is 0 Å². The second-order valence-electron chi connectivity index (χ2n) is 11.4. The normalized spacial score (nSPS) is 15.6. The summed E-state index contributed by atoms with van der Waals surface area (Å²) in [6.07, 6.45) is 6.35. The molecule has 3 heterocycles. The van der Waals surface area contributed by atoms with Crippen molar-refractivity contribution in [2.75, 3.05) is 10.2 Å². The number of carbonyl (C=O) groups excluding carboxylic acids is 1. The molecule has 2 amide bonds. The molecule has 234 valence electrons. The van der Waals surface area contributed by atoms with Crippen molar-refractivity contribution in [1.82, 2.24) is 19.9 Å². The van der Waals surface area contributed by atoms with E-state index in [1.165, 1.54) is 22.1 Å². The Kier molecular flexibility index (Phi) is 9.37. The first-order valence-corrected chi connectivity index (χ1v) is 16.2. The van der Waals surface area contributed by atoms with Crippen LogP contribution in [0.4, 0.5) is 16.4 Å². The molecule has 1 saturated carbocycles. The maximum Gasteiger partial charge on any atom is 0.322 e. The Bertz CT molecular complexity index is 2020. The molecule has 0 radical (unpaired) electrons. The van der Waals surface area contributed by atoms with Crippen molar-refractivity contribution in [3.8, 4) is 33.8 Å². The summed E-state index contributed by atoms with van der Waals surface area (Å²) in [4.78, 5) is 38.1. The Morgan fingerprint density at radius 2 is 1.74 bits per heavy atom. The molecule has 0 atom stereocenters. The Morgan fingerprint density at radius 1 is 0.979 bits per heavy atom. The Labute approximate surface area is 276 Å². The smallest absolute Gasteiger partial charge is 0.322 e. The maximum atomic E-state index is 13.8. The fourth-order valence-corrected chi connectivity index (χ4v) is 6.61. The van der Waals surface area contributed by atoms with Gasteiger partial charge < -0.3 is 15.2 Å². The van der Waals surface area contributed by atoms with Gasteiger partial charge in [-0.15, -0.1) is 11.3 Å². The number of hydrogen-bond donors (Lipinski definition) is 2. The van der Waals surface area contributed by atoms with Crippen molar-refractivity contribution < 1.29 is 4.79 Å². The van der Waals surface area contributed by atoms with E-state index in [-0.39, 0.29) is 23.7 Å². The standard InChI is InChI=1S/C36H32N8O2S/c1-43-18-17-26(19-33(43)45)25-7-11-29(12-8-25)44(36(46)40-22-24-5-3-2-4-6-24)30-13-9-28(10-14-30)41-35-39-23-27(20-37)34(42-35)32-16-15-31(21-38)47-32/h2-8,11-12,15-19,23,28,30H,9-10,13-14,22H2,1H3,(H,40,46)(H,39,41,42)/t28-,30-. The van der Waals surface area contributed by atoms with E-state index in [1.54, 1.807) is 31.4 Å². The zero-order chi connectivity index (χ0) is 32.8. The molecule has 0 spiro atoms. The van der Waals surface area contributed by atoms with Gasteiger partial charge in [0.05, 0.1) is 16.6 Å². The number of amides is 2. The number of aryl methyl sites for hydroxylation is 1. The van der Waals surface area contributed by atoms with Gasteiger partial charge in [0.15, 0.2) is 0 Å². The van der Waals surface area contributed by atoms with Crippen LogP contribution in [0.1, 0.15) is 41.7 Å². The van der Waals surface area contributed by atoms with Crippen LogP contribution < -0.4 is 21.1 Å². The van der Waals surface area contributed by atoms with E-state index >= 15 is 0 Å². The highest BCUT2D eigenvalue weighted by Gasteiger charge is 2.30. The number of aromatic nitrogens is 3. The van der Waals surface area contributed by atoms with Gasteiger partial charge in [-0.3, -0.25) is 9.69 Å². The molecule has 0 bridgehead atoms. The molecule has 3 aromatic heterocycles. The average Bonchev–Trinajstić information content (AvgIpc) is 3.60. The highest BCUT2D eigenvalue weighted by Crippen LogP contribution is 2.32. The van der Waals surface area contributed by atoms with E-state index in [9.17, 15) is 20.1 Å². The van der Waals surface area contributed by atoms with Gasteiger partial charge in [-0.1, -0.05) is 42.5 Å². The van der Waals surface area contributed by atoms with Crippen LogP contribution in [0, 0.1) is 22.7 Å². The summed E-state index contributed by atoms with van der Waals surface area (Å²) < 4.78 is 1.53. The molecule has 1 fully saturated rings. The zero-order valence-corrected chi connectivity index (χ0v) is 26.6. The van der Waals surface area contributed by atoms with Gasteiger partial charge in [-0.2, -0.15) is 10.5 Å². The lowest BCUT2D eigenvalue weighted by atomic mass is 9.90. The Hall–Kier alpha value is -5.78. The molecular formula is C36H32N8O2S. The third-order valence-electron chi connectivity index (χ3n) is 8.34. The summed E-state index contributed by atoms with van der Waals surface area (Å²) in [5.41, 5.74) is 4.30. The van der Waals surface area contributed by atoms with Gasteiger partial charge in [0.2, 0.25) is 5.95 Å². The summed E-state index contributed by atoms with van der Waals surface area (Å²) in [5, 5.41) is 25.4. The van der Waals surface area contributed by atoms with Crippen molar-refractivity contribution in [1.29, 1.82) is 10.5 Å². The molecule has 2 N–H and O–H groups in total. The second kappa shape index (κ2) is 14.1. The van der Waals surface area contributed by atoms with E-state index in [2.05, 4.69) is 32.7 Å². The number of urea groups is 1. The molecule has 0 aliphatic heterocycles. The number of nitrogens with zero attached hydrogens (tertiary/aromatic N) is 6. The minimum absolute atomic E-state index is 0.0355. The topological polar surface area (TPSA) is 140 Å². The number of benzene rings is 2. The lowest BCUT2D eigenvalue weighted by molar-refractivity contribution is 0.240. The number of anilines is 2. The highest BCUT2D eigenvalue weighted by molar-refractivity contribution is 7.16. The van der Waals surface area contributed by atoms with E-state index < -0.39 is 0 Å². The Morgan fingerprint density at radius 3 is 2.43 bits per heavy atom. The largest absolute Gasteiger partial charge is 0.351 e. The molecule has 0 unspecified atom stereocenters. The van der Waals surface area contributed by atoms with Crippen molar-refractivity contribution in [2.24, 2.45) is 7.05 Å². The van der Waals surface area contributed by atoms with Crippen LogP contribution >= 0.6 is 11.3 Å². The highest BCUT2D eigenvalue weighted by atomic mass is 32.1. The molecule has 11 heteroatoms. The van der Waals surface area contributed by atoms with Gasteiger partial charge in [-0.05, 0) is 72.7 Å². The molecule has 5 aromatic rings. The van der Waals surface area contributed by atoms with Gasteiger partial charge in [0.1, 0.15) is 22.7 Å². The molecule has 47 heavy (non-hydrogen) atoms. The fraction of sp³-hybridized carbons (Fsp3) is 0.222. The summed E-state index contributed by atoms with van der Waals surface area (Å²) in [6, 6.07) is 28.8. The fourth-order valence-electron chi connectivity index (χ4n) is 5.80. The SMILES string of the molecule is Cn1ccc(-c2ccc(N(C(=O)NCc3ccccc3)[C@H]3CC[C@H](Nc4ncc(C#N)c(-c5ccc(C#N)s5)n4)CC3)cc2)cc1=O. The second-order valence-corrected chi connectivity index (χ2v) is 12.5. The van der Waals surface area contributed by atoms with Crippen LogP contribution in [0.2, 0.25) is 0 Å². The van der Waals surface area contributed by atoms with E-state index in [1.807, 2.05) is 65.6 Å². The molecule has 0 saturated heterocycles. The number of nitriles is 2. The van der Waals surface area contributed by atoms with Crippen LogP contribution in [0.3, 0.4) is 0 Å². The lowest BCUT2D eigenvalue weighted by Crippen LogP contribution is -2.48. The predicted molar refractivity (Wildman–Crippen MR) is 183 cm³/mol. The lowest BCUT2D eigenvalue weighted by Gasteiger charge is -2.37. The van der Waals surface area contributed by atoms with Gasteiger partial charge in [0.25, 0.3) is 5.56 Å². The van der Waals surface area contributed by atoms with E-state index in [0.29, 0.717) is 28.6 Å². The van der Waals surface area contributed by atoms with Crippen molar-refractivity contribution >= 4 is 29.0 Å². The van der Waals surface area contributed by atoms with Crippen LogP contribution in [0.25, 0.3) is 21.7 Å². The molecule has 1 aliphatic rings. The molecular weight excluding hydrogens is 609 g/mol. The van der Waals surface area contributed by atoms with Crippen molar-refractivity contribution in [2.45, 2.75) is 44.3 Å². The number of carbonyl (C=O) groups is 1. The predicted octanol–water partition coefficient (Wildman–Crippen LogP) is 6.45. The zero-order valence-electron chi connectivity index (χ0n) is 25.8. The van der Waals surface area contributed by atoms with Gasteiger partial charge in [0, 0.05) is 43.6 Å². The number of nitrogens with one attached hydrogen (secondary N) is 2. The van der Waals surface area contributed by atoms with E-state index in [4.69, 9.17) is 0 Å². The molecule has 1 aliphatic carbocycles. The summed E-state index contributed by atoms with van der Waals surface area (Å²) in [5.74, 6) is 0.429. The average molecular weight is 641 g/mol. The quantitative estimate of drug-likeness (QED) is 0.199. The number of pyridine rings is 1. The monoisotopic (exact) mass is 640 g/mol. The van der Waals surface area contributed by atoms with Gasteiger partial charge in [-0.25, -0.2) is 14.8 Å². The molecule has 2 aromatic carbocycles. The first kappa shape index (κ1) is 31.2. The van der Waals surface area contributed by atoms with Crippen molar-refractivity contribution in [3.05, 3.63) is 118 Å². The molecule has 6 rings (SSSR count). The van der Waals surface area contributed by atoms with Crippen LogP contribution in [0.15, 0.2) is 96.1 Å². The third-order valence-corrected chi connectivity index (χ3v) is 9.34. The molecule has 10 nitrogen and oxygen atoms in total. The van der Waals surface area contributed by atoms with E-state index in [0.717, 1.165) is 52.9 Å². The van der Waals surface area contributed by atoms with Crippen LogP contribution in [-0.4, -0.2) is 32.6 Å². The minimum atomic E-state index is -0.167. The number of hydrogen-bond acceptors (Lipinski definition) is 8. The summed E-state index contributed by atoms with van der Waals surface area (Å²) >= 11 is 1.29. The Balaban J connectivity index is 1.18. The maximum absolute atomic E-state index is 13.8.